The molecule has 1 amide bonds. The van der Waals surface area contributed by atoms with Crippen LogP contribution in [-0.2, 0) is 26.0 Å². The number of primary amides is 1. The quantitative estimate of drug-likeness (QED) is 0.503. The van der Waals surface area contributed by atoms with Gasteiger partial charge in [0, 0.05) is 12.4 Å². The summed E-state index contributed by atoms with van der Waals surface area (Å²) in [6, 6.07) is 6.49. The third kappa shape index (κ3) is 5.87. The topological polar surface area (TPSA) is 98.5 Å². The number of hydrogen-bond donors (Lipinski definition) is 2. The van der Waals surface area contributed by atoms with E-state index in [2.05, 4.69) is 4.72 Å². The van der Waals surface area contributed by atoms with Crippen LogP contribution in [0.2, 0.25) is 0 Å². The van der Waals surface area contributed by atoms with Crippen molar-refractivity contribution in [2.45, 2.75) is 11.3 Å². The first kappa shape index (κ1) is 16.9. The number of halogens is 1. The first-order chi connectivity index (χ1) is 9.45. The molecular weight excluding hydrogens is 304 g/mol. The predicted octanol–water partition coefficient (Wildman–Crippen LogP) is 0.248. The van der Waals surface area contributed by atoms with Gasteiger partial charge in [-0.15, -0.1) is 11.6 Å². The second kappa shape index (κ2) is 8.21. The van der Waals surface area contributed by atoms with Crippen LogP contribution in [0.4, 0.5) is 0 Å². The number of amides is 1. The first-order valence-electron chi connectivity index (χ1n) is 5.96. The Bertz CT molecular complexity index is 531. The maximum Gasteiger partial charge on any atom is 0.243 e. The van der Waals surface area contributed by atoms with Gasteiger partial charge < -0.3 is 10.5 Å². The van der Waals surface area contributed by atoms with Crippen molar-refractivity contribution in [1.29, 1.82) is 0 Å². The molecule has 0 fully saturated rings. The minimum absolute atomic E-state index is 0.0685. The summed E-state index contributed by atoms with van der Waals surface area (Å²) in [4.78, 5) is 10.6. The molecule has 0 saturated carbocycles. The van der Waals surface area contributed by atoms with Crippen molar-refractivity contribution in [2.75, 3.05) is 25.6 Å². The van der Waals surface area contributed by atoms with Crippen molar-refractivity contribution in [3.8, 4) is 0 Å². The van der Waals surface area contributed by atoms with Crippen LogP contribution in [0, 0.1) is 0 Å². The summed E-state index contributed by atoms with van der Waals surface area (Å²) in [6.07, 6.45) is 0.691. The van der Waals surface area contributed by atoms with Gasteiger partial charge in [0.05, 0.1) is 11.5 Å². The molecule has 20 heavy (non-hydrogen) atoms. The van der Waals surface area contributed by atoms with E-state index in [4.69, 9.17) is 22.1 Å². The monoisotopic (exact) mass is 320 g/mol. The van der Waals surface area contributed by atoms with Crippen LogP contribution in [0.15, 0.2) is 29.2 Å². The highest BCUT2D eigenvalue weighted by Gasteiger charge is 2.12. The number of nitrogens with one attached hydrogen (secondary N) is 1. The van der Waals surface area contributed by atoms with E-state index in [9.17, 15) is 13.2 Å². The lowest BCUT2D eigenvalue weighted by atomic mass is 10.2. The van der Waals surface area contributed by atoms with E-state index in [0.717, 1.165) is 5.56 Å². The molecule has 112 valence electrons. The SMILES string of the molecule is NC(=O)COCCNS(=O)(=O)c1ccc(CCCl)cc1. The largest absolute Gasteiger partial charge is 0.370 e. The molecule has 0 atom stereocenters. The molecule has 1 aromatic rings. The molecule has 6 nitrogen and oxygen atoms in total. The standard InChI is InChI=1S/C12H17ClN2O4S/c13-6-5-10-1-3-11(4-2-10)20(17,18)15-7-8-19-9-12(14)16/h1-4,15H,5-9H2,(H2,14,16). The summed E-state index contributed by atoms with van der Waals surface area (Å²) in [5, 5.41) is 0. The Kier molecular flexibility index (Phi) is 6.94. The Morgan fingerprint density at radius 1 is 1.30 bits per heavy atom. The third-order valence-electron chi connectivity index (χ3n) is 2.40. The molecule has 8 heteroatoms. The Morgan fingerprint density at radius 2 is 1.95 bits per heavy atom. The number of carbonyl (C=O) groups excluding carboxylic acids is 1. The normalized spacial score (nSPS) is 11.4. The van der Waals surface area contributed by atoms with E-state index in [0.29, 0.717) is 12.3 Å². The van der Waals surface area contributed by atoms with E-state index in [1.54, 1.807) is 12.1 Å². The van der Waals surface area contributed by atoms with Gasteiger partial charge in [-0.25, -0.2) is 13.1 Å². The van der Waals surface area contributed by atoms with Crippen molar-refractivity contribution in [3.05, 3.63) is 29.8 Å². The lowest BCUT2D eigenvalue weighted by Crippen LogP contribution is -2.29. The zero-order valence-electron chi connectivity index (χ0n) is 10.8. The summed E-state index contributed by atoms with van der Waals surface area (Å²) in [5.41, 5.74) is 5.85. The van der Waals surface area contributed by atoms with Gasteiger partial charge in [0.2, 0.25) is 15.9 Å². The number of sulfonamides is 1. The number of rotatable bonds is 9. The van der Waals surface area contributed by atoms with Crippen LogP contribution < -0.4 is 10.5 Å². The Hall–Kier alpha value is -1.15. The van der Waals surface area contributed by atoms with Crippen molar-refractivity contribution >= 4 is 27.5 Å². The maximum atomic E-state index is 11.9. The number of benzene rings is 1. The van der Waals surface area contributed by atoms with E-state index in [1.165, 1.54) is 12.1 Å². The molecular formula is C12H17ClN2O4S. The van der Waals surface area contributed by atoms with Crippen LogP contribution in [0.1, 0.15) is 5.56 Å². The number of ether oxygens (including phenoxy) is 1. The van der Waals surface area contributed by atoms with Crippen molar-refractivity contribution in [3.63, 3.8) is 0 Å². The van der Waals surface area contributed by atoms with E-state index >= 15 is 0 Å². The third-order valence-corrected chi connectivity index (χ3v) is 4.07. The molecule has 0 unspecified atom stereocenters. The fourth-order valence-electron chi connectivity index (χ4n) is 1.45. The van der Waals surface area contributed by atoms with Gasteiger partial charge in [0.1, 0.15) is 6.61 Å². The molecule has 1 aromatic carbocycles. The highest BCUT2D eigenvalue weighted by atomic mass is 35.5. The summed E-state index contributed by atoms with van der Waals surface area (Å²) >= 11 is 5.61. The molecule has 0 bridgehead atoms. The van der Waals surface area contributed by atoms with Crippen LogP contribution >= 0.6 is 11.6 Å². The molecule has 0 aromatic heterocycles. The first-order valence-corrected chi connectivity index (χ1v) is 7.98. The average molecular weight is 321 g/mol. The van der Waals surface area contributed by atoms with Crippen molar-refractivity contribution < 1.29 is 17.9 Å². The average Bonchev–Trinajstić information content (AvgIpc) is 2.39. The van der Waals surface area contributed by atoms with E-state index < -0.39 is 15.9 Å². The molecule has 1 rings (SSSR count). The van der Waals surface area contributed by atoms with Gasteiger partial charge in [-0.1, -0.05) is 12.1 Å². The van der Waals surface area contributed by atoms with Gasteiger partial charge in [0.15, 0.2) is 0 Å². The fraction of sp³-hybridized carbons (Fsp3) is 0.417. The molecule has 0 spiro atoms. The second-order valence-corrected chi connectivity index (χ2v) is 6.14. The maximum absolute atomic E-state index is 11.9. The molecule has 0 aliphatic carbocycles. The number of nitrogens with two attached hydrogens (primary N) is 1. The van der Waals surface area contributed by atoms with Gasteiger partial charge in [0.25, 0.3) is 0 Å². The minimum Gasteiger partial charge on any atom is -0.370 e. The highest BCUT2D eigenvalue weighted by molar-refractivity contribution is 7.89. The molecule has 0 heterocycles. The highest BCUT2D eigenvalue weighted by Crippen LogP contribution is 2.11. The van der Waals surface area contributed by atoms with Crippen LogP contribution in [-0.4, -0.2) is 40.0 Å². The molecule has 3 N–H and O–H groups in total. The minimum atomic E-state index is -3.57. The van der Waals surface area contributed by atoms with E-state index in [1.807, 2.05) is 0 Å². The van der Waals surface area contributed by atoms with Crippen LogP contribution in [0.5, 0.6) is 0 Å². The number of alkyl halides is 1. The summed E-state index contributed by atoms with van der Waals surface area (Å²) in [6.45, 7) is -0.0829. The molecule has 0 aliphatic heterocycles. The van der Waals surface area contributed by atoms with Crippen LogP contribution in [0.25, 0.3) is 0 Å². The van der Waals surface area contributed by atoms with Crippen molar-refractivity contribution in [1.82, 2.24) is 4.72 Å². The predicted molar refractivity (Wildman–Crippen MR) is 76.1 cm³/mol. The number of aryl methyl sites for hydroxylation is 1. The number of carbonyl (C=O) groups is 1. The lowest BCUT2D eigenvalue weighted by molar-refractivity contribution is -0.122. The Morgan fingerprint density at radius 3 is 2.50 bits per heavy atom. The lowest BCUT2D eigenvalue weighted by Gasteiger charge is -2.07. The van der Waals surface area contributed by atoms with Gasteiger partial charge in [-0.05, 0) is 24.1 Å². The summed E-state index contributed by atoms with van der Waals surface area (Å²) in [7, 11) is -3.57. The Balaban J connectivity index is 2.49. The molecule has 0 aliphatic rings. The zero-order valence-corrected chi connectivity index (χ0v) is 12.4. The summed E-state index contributed by atoms with van der Waals surface area (Å²) in [5.74, 6) is -0.107. The molecule has 0 saturated heterocycles. The Labute approximate surface area is 123 Å². The van der Waals surface area contributed by atoms with Crippen molar-refractivity contribution in [2.24, 2.45) is 5.73 Å². The van der Waals surface area contributed by atoms with E-state index in [-0.39, 0.29) is 24.7 Å². The van der Waals surface area contributed by atoms with Gasteiger partial charge in [-0.3, -0.25) is 4.79 Å². The fourth-order valence-corrected chi connectivity index (χ4v) is 2.68. The molecule has 0 radical (unpaired) electrons. The van der Waals surface area contributed by atoms with Gasteiger partial charge >= 0.3 is 0 Å². The number of hydrogen-bond acceptors (Lipinski definition) is 4. The zero-order chi connectivity index (χ0) is 15.0. The smallest absolute Gasteiger partial charge is 0.243 e. The summed E-state index contributed by atoms with van der Waals surface area (Å²) < 4.78 is 31.1. The van der Waals surface area contributed by atoms with Crippen LogP contribution in [0.3, 0.4) is 0 Å². The second-order valence-electron chi connectivity index (χ2n) is 4.00. The van der Waals surface area contributed by atoms with Gasteiger partial charge in [-0.2, -0.15) is 0 Å².